The number of carbonyl (C=O) groups is 1. The third-order valence-electron chi connectivity index (χ3n) is 2.26. The maximum absolute atomic E-state index is 11.0. The molecule has 0 spiro atoms. The van der Waals surface area contributed by atoms with Crippen LogP contribution in [0.25, 0.3) is 0 Å². The fourth-order valence-electron chi connectivity index (χ4n) is 1.34. The molecule has 1 N–H and O–H groups in total. The minimum atomic E-state index is -0.756. The van der Waals surface area contributed by atoms with Crippen LogP contribution >= 0.6 is 22.6 Å². The Morgan fingerprint density at radius 3 is 2.67 bits per heavy atom. The number of aliphatic carboxylic acids is 1. The number of hydrogen-bond acceptors (Lipinski definition) is 1. The van der Waals surface area contributed by atoms with Gasteiger partial charge < -0.3 is 5.11 Å². The summed E-state index contributed by atoms with van der Waals surface area (Å²) in [6.07, 6.45) is 5.70. The summed E-state index contributed by atoms with van der Waals surface area (Å²) in [5.41, 5.74) is 0.908. The third-order valence-corrected chi connectivity index (χ3v) is 4.55. The highest BCUT2D eigenvalue weighted by Gasteiger charge is 2.42. The first-order chi connectivity index (χ1) is 5.49. The van der Waals surface area contributed by atoms with Crippen LogP contribution in [-0.4, -0.2) is 14.5 Å². The standard InChI is InChI=1S/C9H11IO2/c1-6-4-3-5-7(2)9(6,10)8(11)12/h3-6H,1-2H3,(H,11,12). The highest BCUT2D eigenvalue weighted by atomic mass is 127. The molecule has 0 saturated heterocycles. The Hall–Kier alpha value is -0.320. The molecule has 1 aliphatic carbocycles. The van der Waals surface area contributed by atoms with Crippen molar-refractivity contribution in [3.63, 3.8) is 0 Å². The molecule has 2 atom stereocenters. The lowest BCUT2D eigenvalue weighted by Crippen LogP contribution is -2.40. The third kappa shape index (κ3) is 1.30. The molecule has 2 unspecified atom stereocenters. The van der Waals surface area contributed by atoms with E-state index in [9.17, 15) is 4.79 Å². The number of carboxylic acids is 1. The van der Waals surface area contributed by atoms with Gasteiger partial charge in [-0.15, -0.1) is 0 Å². The van der Waals surface area contributed by atoms with E-state index < -0.39 is 9.39 Å². The lowest BCUT2D eigenvalue weighted by molar-refractivity contribution is -0.139. The largest absolute Gasteiger partial charge is 0.480 e. The maximum Gasteiger partial charge on any atom is 0.324 e. The van der Waals surface area contributed by atoms with Crippen molar-refractivity contribution in [2.45, 2.75) is 17.3 Å². The van der Waals surface area contributed by atoms with Gasteiger partial charge in [-0.25, -0.2) is 0 Å². The number of alkyl halides is 1. The summed E-state index contributed by atoms with van der Waals surface area (Å²) in [5, 5.41) is 9.06. The van der Waals surface area contributed by atoms with Crippen molar-refractivity contribution in [1.29, 1.82) is 0 Å². The quantitative estimate of drug-likeness (QED) is 0.590. The second-order valence-corrected chi connectivity index (χ2v) is 4.74. The van der Waals surface area contributed by atoms with Crippen molar-refractivity contribution < 1.29 is 9.90 Å². The van der Waals surface area contributed by atoms with E-state index in [1.54, 1.807) is 0 Å². The molecule has 2 nitrogen and oxygen atoms in total. The molecule has 0 amide bonds. The molecule has 0 aromatic heterocycles. The molecular weight excluding hydrogens is 267 g/mol. The van der Waals surface area contributed by atoms with Crippen molar-refractivity contribution in [2.24, 2.45) is 5.92 Å². The first-order valence-electron chi connectivity index (χ1n) is 3.77. The van der Waals surface area contributed by atoms with Crippen LogP contribution in [0.2, 0.25) is 0 Å². The van der Waals surface area contributed by atoms with E-state index in [-0.39, 0.29) is 5.92 Å². The summed E-state index contributed by atoms with van der Waals surface area (Å²) >= 11 is 2.01. The zero-order chi connectivity index (χ0) is 9.35. The minimum absolute atomic E-state index is 0.0561. The zero-order valence-electron chi connectivity index (χ0n) is 7.04. The second kappa shape index (κ2) is 3.20. The van der Waals surface area contributed by atoms with E-state index in [0.717, 1.165) is 5.57 Å². The molecule has 0 bridgehead atoms. The van der Waals surface area contributed by atoms with Gasteiger partial charge in [0, 0.05) is 5.92 Å². The van der Waals surface area contributed by atoms with E-state index in [0.29, 0.717) is 0 Å². The van der Waals surface area contributed by atoms with Crippen LogP contribution in [0.15, 0.2) is 23.8 Å². The Bertz CT molecular complexity index is 268. The summed E-state index contributed by atoms with van der Waals surface area (Å²) in [5.74, 6) is -0.700. The Kier molecular flexibility index (Phi) is 2.61. The normalized spacial score (nSPS) is 34.6. The average Bonchev–Trinajstić information content (AvgIpc) is 1.99. The highest BCUT2D eigenvalue weighted by molar-refractivity contribution is 14.1. The van der Waals surface area contributed by atoms with Crippen molar-refractivity contribution in [1.82, 2.24) is 0 Å². The smallest absolute Gasteiger partial charge is 0.324 e. The Balaban J connectivity index is 3.10. The molecule has 0 aliphatic heterocycles. The van der Waals surface area contributed by atoms with Gasteiger partial charge in [0.05, 0.1) is 0 Å². The Morgan fingerprint density at radius 1 is 1.75 bits per heavy atom. The molecule has 1 rings (SSSR count). The highest BCUT2D eigenvalue weighted by Crippen LogP contribution is 2.39. The number of allylic oxidation sites excluding steroid dienone is 3. The van der Waals surface area contributed by atoms with Crippen molar-refractivity contribution in [3.05, 3.63) is 23.8 Å². The van der Waals surface area contributed by atoms with Gasteiger partial charge in [0.15, 0.2) is 0 Å². The van der Waals surface area contributed by atoms with Gasteiger partial charge in [-0.05, 0) is 12.5 Å². The molecular formula is C9H11IO2. The van der Waals surface area contributed by atoms with Crippen LogP contribution in [-0.2, 0) is 4.79 Å². The van der Waals surface area contributed by atoms with Gasteiger partial charge in [0.2, 0.25) is 0 Å². The summed E-state index contributed by atoms with van der Waals surface area (Å²) in [7, 11) is 0. The summed E-state index contributed by atoms with van der Waals surface area (Å²) < 4.78 is -0.744. The first kappa shape index (κ1) is 9.77. The molecule has 0 saturated carbocycles. The predicted octanol–water partition coefficient (Wildman–Crippen LogP) is 2.40. The van der Waals surface area contributed by atoms with E-state index in [1.165, 1.54) is 0 Å². The van der Waals surface area contributed by atoms with Gasteiger partial charge in [-0.3, -0.25) is 4.79 Å². The van der Waals surface area contributed by atoms with Crippen LogP contribution in [0.4, 0.5) is 0 Å². The SMILES string of the molecule is CC1=CC=CC(C)C1(I)C(=O)O. The lowest BCUT2D eigenvalue weighted by Gasteiger charge is -2.30. The average molecular weight is 278 g/mol. The van der Waals surface area contributed by atoms with Gasteiger partial charge >= 0.3 is 5.97 Å². The van der Waals surface area contributed by atoms with Gasteiger partial charge in [0.25, 0.3) is 0 Å². The fraction of sp³-hybridized carbons (Fsp3) is 0.444. The van der Waals surface area contributed by atoms with E-state index >= 15 is 0 Å². The molecule has 0 radical (unpaired) electrons. The molecule has 0 aromatic carbocycles. The van der Waals surface area contributed by atoms with Crippen LogP contribution < -0.4 is 0 Å². The molecule has 0 aromatic rings. The molecule has 3 heteroatoms. The van der Waals surface area contributed by atoms with Crippen molar-refractivity contribution in [2.75, 3.05) is 0 Å². The lowest BCUT2D eigenvalue weighted by atomic mass is 9.84. The number of carboxylic acid groups (broad SMARTS) is 1. The van der Waals surface area contributed by atoms with Crippen LogP contribution in [0, 0.1) is 5.92 Å². The summed E-state index contributed by atoms with van der Waals surface area (Å²) in [6, 6.07) is 0. The Morgan fingerprint density at radius 2 is 2.33 bits per heavy atom. The van der Waals surface area contributed by atoms with Gasteiger partial charge in [-0.1, -0.05) is 47.7 Å². The van der Waals surface area contributed by atoms with Crippen LogP contribution in [0.5, 0.6) is 0 Å². The predicted molar refractivity (Wildman–Crippen MR) is 56.4 cm³/mol. The monoisotopic (exact) mass is 278 g/mol. The van der Waals surface area contributed by atoms with Crippen LogP contribution in [0.3, 0.4) is 0 Å². The summed E-state index contributed by atoms with van der Waals surface area (Å²) in [4.78, 5) is 11.0. The molecule has 0 fully saturated rings. The molecule has 12 heavy (non-hydrogen) atoms. The summed E-state index contributed by atoms with van der Waals surface area (Å²) in [6.45, 7) is 3.79. The number of halogens is 1. The Labute approximate surface area is 85.5 Å². The van der Waals surface area contributed by atoms with E-state index in [4.69, 9.17) is 5.11 Å². The van der Waals surface area contributed by atoms with Crippen molar-refractivity contribution in [3.8, 4) is 0 Å². The van der Waals surface area contributed by atoms with E-state index in [1.807, 2.05) is 54.7 Å². The van der Waals surface area contributed by atoms with Crippen molar-refractivity contribution >= 4 is 28.6 Å². The number of rotatable bonds is 1. The van der Waals surface area contributed by atoms with Gasteiger partial charge in [0.1, 0.15) is 3.42 Å². The maximum atomic E-state index is 11.0. The zero-order valence-corrected chi connectivity index (χ0v) is 9.20. The molecule has 66 valence electrons. The minimum Gasteiger partial charge on any atom is -0.480 e. The molecule has 1 aliphatic rings. The fourth-order valence-corrected chi connectivity index (χ4v) is 1.73. The second-order valence-electron chi connectivity index (χ2n) is 3.04. The van der Waals surface area contributed by atoms with Gasteiger partial charge in [-0.2, -0.15) is 0 Å². The molecule has 0 heterocycles. The first-order valence-corrected chi connectivity index (χ1v) is 4.85. The van der Waals surface area contributed by atoms with E-state index in [2.05, 4.69) is 0 Å². The number of hydrogen-bond donors (Lipinski definition) is 1. The van der Waals surface area contributed by atoms with Crippen LogP contribution in [0.1, 0.15) is 13.8 Å². The topological polar surface area (TPSA) is 37.3 Å².